The average molecular weight is 408 g/mol. The lowest BCUT2D eigenvalue weighted by atomic mass is 9.99. The molecule has 0 unspecified atom stereocenters. The highest BCUT2D eigenvalue weighted by atomic mass is 16.7. The predicted molar refractivity (Wildman–Crippen MR) is 95.0 cm³/mol. The number of aliphatic hydroxyl groups is 4. The molecule has 0 radical (unpaired) electrons. The molecule has 1 aliphatic rings. The van der Waals surface area contributed by atoms with Gasteiger partial charge in [-0.15, -0.1) is 0 Å². The summed E-state index contributed by atoms with van der Waals surface area (Å²) in [6.07, 6.45) is -4.07. The number of rotatable bonds is 12. The second-order valence-corrected chi connectivity index (χ2v) is 6.76. The molecule has 0 spiro atoms. The molecule has 0 saturated carbocycles. The van der Waals surface area contributed by atoms with E-state index < -0.39 is 55.4 Å². The van der Waals surface area contributed by atoms with Gasteiger partial charge >= 0.3 is 11.9 Å². The van der Waals surface area contributed by atoms with Crippen molar-refractivity contribution in [2.75, 3.05) is 19.8 Å². The molecule has 10 heteroatoms. The first-order valence-corrected chi connectivity index (χ1v) is 9.55. The van der Waals surface area contributed by atoms with Crippen LogP contribution in [0.5, 0.6) is 0 Å². The molecule has 0 bridgehead atoms. The summed E-state index contributed by atoms with van der Waals surface area (Å²) in [5, 5.41) is 38.6. The van der Waals surface area contributed by atoms with Crippen LogP contribution in [-0.2, 0) is 28.5 Å². The van der Waals surface area contributed by atoms with Crippen LogP contribution in [0.1, 0.15) is 46.0 Å². The van der Waals surface area contributed by atoms with E-state index in [1.54, 1.807) is 0 Å². The van der Waals surface area contributed by atoms with Crippen LogP contribution in [0.3, 0.4) is 0 Å². The molecule has 1 saturated heterocycles. The van der Waals surface area contributed by atoms with Gasteiger partial charge < -0.3 is 39.4 Å². The van der Waals surface area contributed by atoms with E-state index in [-0.39, 0.29) is 19.6 Å². The zero-order valence-corrected chi connectivity index (χ0v) is 16.4. The quantitative estimate of drug-likeness (QED) is 0.240. The van der Waals surface area contributed by atoms with Crippen LogP contribution in [-0.4, -0.2) is 89.0 Å². The Morgan fingerprint density at radius 2 is 1.75 bits per heavy atom. The van der Waals surface area contributed by atoms with Crippen LogP contribution >= 0.6 is 0 Å². The fourth-order valence-corrected chi connectivity index (χ4v) is 2.71. The van der Waals surface area contributed by atoms with Gasteiger partial charge in [0.15, 0.2) is 12.4 Å². The van der Waals surface area contributed by atoms with Crippen molar-refractivity contribution < 1.29 is 49.0 Å². The number of esters is 2. The van der Waals surface area contributed by atoms with E-state index in [2.05, 4.69) is 6.92 Å². The minimum atomic E-state index is -1.58. The lowest BCUT2D eigenvalue weighted by Gasteiger charge is -2.39. The number of hydrogen-bond donors (Lipinski definition) is 4. The van der Waals surface area contributed by atoms with Crippen LogP contribution in [0.4, 0.5) is 0 Å². The molecule has 0 aromatic heterocycles. The molecule has 28 heavy (non-hydrogen) atoms. The van der Waals surface area contributed by atoms with E-state index in [9.17, 15) is 24.9 Å². The second-order valence-electron chi connectivity index (χ2n) is 6.76. The smallest absolute Gasteiger partial charge is 0.305 e. The first-order valence-electron chi connectivity index (χ1n) is 9.55. The maximum absolute atomic E-state index is 11.8. The fourth-order valence-electron chi connectivity index (χ4n) is 2.71. The molecular weight excluding hydrogens is 376 g/mol. The summed E-state index contributed by atoms with van der Waals surface area (Å²) in [7, 11) is 0. The van der Waals surface area contributed by atoms with Crippen molar-refractivity contribution >= 4 is 11.9 Å². The highest BCUT2D eigenvalue weighted by Gasteiger charge is 2.44. The third kappa shape index (κ3) is 8.38. The Hall–Kier alpha value is -1.30. The van der Waals surface area contributed by atoms with Crippen molar-refractivity contribution in [2.24, 2.45) is 0 Å². The van der Waals surface area contributed by atoms with Gasteiger partial charge in [0.25, 0.3) is 0 Å². The minimum absolute atomic E-state index is 0.233. The maximum atomic E-state index is 11.8. The number of aliphatic hydroxyl groups excluding tert-OH is 4. The van der Waals surface area contributed by atoms with Crippen LogP contribution in [0, 0.1) is 0 Å². The summed E-state index contributed by atoms with van der Waals surface area (Å²) in [5.74, 6) is -1.03. The van der Waals surface area contributed by atoms with Crippen molar-refractivity contribution in [1.29, 1.82) is 0 Å². The number of hydrogen-bond acceptors (Lipinski definition) is 10. The zero-order valence-electron chi connectivity index (χ0n) is 16.4. The molecule has 0 aliphatic carbocycles. The number of ether oxygens (including phenoxy) is 4. The second kappa shape index (κ2) is 13.0. The van der Waals surface area contributed by atoms with E-state index in [4.69, 9.17) is 24.1 Å². The summed E-state index contributed by atoms with van der Waals surface area (Å²) in [6.45, 7) is 2.15. The van der Waals surface area contributed by atoms with Crippen LogP contribution in [0.2, 0.25) is 0 Å². The van der Waals surface area contributed by atoms with Crippen LogP contribution < -0.4 is 0 Å². The molecule has 1 rings (SSSR count). The maximum Gasteiger partial charge on any atom is 0.305 e. The van der Waals surface area contributed by atoms with Gasteiger partial charge in [-0.05, 0) is 6.42 Å². The predicted octanol–water partition coefficient (Wildman–Crippen LogP) is -0.752. The molecule has 1 fully saturated rings. The van der Waals surface area contributed by atoms with Gasteiger partial charge in [0.1, 0.15) is 31.0 Å². The third-order valence-corrected chi connectivity index (χ3v) is 4.29. The first kappa shape index (κ1) is 24.7. The molecule has 0 aromatic rings. The lowest BCUT2D eigenvalue weighted by Crippen LogP contribution is -2.59. The highest BCUT2D eigenvalue weighted by Crippen LogP contribution is 2.22. The summed E-state index contributed by atoms with van der Waals surface area (Å²) < 4.78 is 20.7. The molecular formula is C18H32O10. The summed E-state index contributed by atoms with van der Waals surface area (Å²) >= 11 is 0. The summed E-state index contributed by atoms with van der Waals surface area (Å²) in [5.41, 5.74) is 0. The molecule has 1 heterocycles. The zero-order chi connectivity index (χ0) is 21.1. The van der Waals surface area contributed by atoms with Crippen molar-refractivity contribution in [1.82, 2.24) is 0 Å². The van der Waals surface area contributed by atoms with E-state index >= 15 is 0 Å². The number of carbonyl (C=O) groups is 2. The molecule has 164 valence electrons. The lowest BCUT2D eigenvalue weighted by molar-refractivity contribution is -0.305. The third-order valence-electron chi connectivity index (χ3n) is 4.29. The Kier molecular flexibility index (Phi) is 11.5. The normalized spacial score (nSPS) is 28.6. The molecule has 1 aliphatic heterocycles. The topological polar surface area (TPSA) is 152 Å². The van der Waals surface area contributed by atoms with Crippen molar-refractivity contribution in [3.63, 3.8) is 0 Å². The largest absolute Gasteiger partial charge is 0.462 e. The van der Waals surface area contributed by atoms with Gasteiger partial charge in [0.2, 0.25) is 0 Å². The first-order chi connectivity index (χ1) is 13.3. The van der Waals surface area contributed by atoms with Gasteiger partial charge in [0.05, 0.1) is 13.2 Å². The Morgan fingerprint density at radius 3 is 2.36 bits per heavy atom. The van der Waals surface area contributed by atoms with E-state index in [0.29, 0.717) is 6.42 Å². The molecule has 0 amide bonds. The van der Waals surface area contributed by atoms with Gasteiger partial charge in [-0.3, -0.25) is 9.59 Å². The van der Waals surface area contributed by atoms with E-state index in [1.807, 2.05) is 0 Å². The SMILES string of the molecule is CCCCCCC(=O)OC[C@H](CO[C@@H]1O[C@H](CO)[C@H](O)[C@H](O)[C@H]1O)OC(C)=O. The van der Waals surface area contributed by atoms with Crippen molar-refractivity contribution in [3.05, 3.63) is 0 Å². The van der Waals surface area contributed by atoms with Gasteiger partial charge in [-0.2, -0.15) is 0 Å². The fraction of sp³-hybridized carbons (Fsp3) is 0.889. The summed E-state index contributed by atoms with van der Waals surface area (Å²) in [4.78, 5) is 23.0. The number of carbonyl (C=O) groups excluding carboxylic acids is 2. The van der Waals surface area contributed by atoms with Crippen molar-refractivity contribution in [3.8, 4) is 0 Å². The van der Waals surface area contributed by atoms with Crippen molar-refractivity contribution in [2.45, 2.75) is 82.8 Å². The highest BCUT2D eigenvalue weighted by molar-refractivity contribution is 5.69. The molecule has 10 nitrogen and oxygen atoms in total. The molecule has 0 aromatic carbocycles. The van der Waals surface area contributed by atoms with E-state index in [1.165, 1.54) is 6.92 Å². The standard InChI is InChI=1S/C18H32O10/c1-3-4-5-6-7-14(21)25-9-12(27-11(2)20)10-26-18-17(24)16(23)15(22)13(8-19)28-18/h12-13,15-19,22-24H,3-10H2,1-2H3/t12-,13-,15+,16+,17-,18-/m1/s1. The number of unbranched alkanes of at least 4 members (excludes halogenated alkanes) is 3. The molecule has 4 N–H and O–H groups in total. The Labute approximate surface area is 164 Å². The van der Waals surface area contributed by atoms with Gasteiger partial charge in [-0.25, -0.2) is 0 Å². The van der Waals surface area contributed by atoms with E-state index in [0.717, 1.165) is 19.3 Å². The summed E-state index contributed by atoms with van der Waals surface area (Å²) in [6, 6.07) is 0. The Morgan fingerprint density at radius 1 is 1.04 bits per heavy atom. The van der Waals surface area contributed by atoms with Gasteiger partial charge in [0, 0.05) is 13.3 Å². The monoisotopic (exact) mass is 408 g/mol. The Balaban J connectivity index is 2.50. The minimum Gasteiger partial charge on any atom is -0.462 e. The average Bonchev–Trinajstić information content (AvgIpc) is 2.66. The Bertz CT molecular complexity index is 469. The molecule has 6 atom stereocenters. The van der Waals surface area contributed by atoms with Crippen LogP contribution in [0.15, 0.2) is 0 Å². The van der Waals surface area contributed by atoms with Gasteiger partial charge in [-0.1, -0.05) is 26.2 Å². The van der Waals surface area contributed by atoms with Crippen LogP contribution in [0.25, 0.3) is 0 Å².